The summed E-state index contributed by atoms with van der Waals surface area (Å²) in [7, 11) is 0. The van der Waals surface area contributed by atoms with Crippen LogP contribution in [-0.2, 0) is 9.47 Å². The largest absolute Gasteiger partial charge is 0.487 e. The van der Waals surface area contributed by atoms with Crippen LogP contribution in [0.3, 0.4) is 0 Å². The van der Waals surface area contributed by atoms with Crippen molar-refractivity contribution in [3.8, 4) is 5.75 Å². The van der Waals surface area contributed by atoms with Gasteiger partial charge in [0.2, 0.25) is 0 Å². The SMILES string of the molecule is CC(C)c1ccnc2c1OCC1CC(OC3COC3)CN21. The summed E-state index contributed by atoms with van der Waals surface area (Å²) in [5, 5.41) is 0. The highest BCUT2D eigenvalue weighted by molar-refractivity contribution is 5.60. The Hall–Kier alpha value is -1.33. The molecule has 3 aliphatic rings. The van der Waals surface area contributed by atoms with Crippen molar-refractivity contribution in [2.45, 2.75) is 44.4 Å². The van der Waals surface area contributed by atoms with Gasteiger partial charge < -0.3 is 19.1 Å². The zero-order valence-corrected chi connectivity index (χ0v) is 12.6. The van der Waals surface area contributed by atoms with Crippen molar-refractivity contribution in [3.63, 3.8) is 0 Å². The number of hydrogen-bond acceptors (Lipinski definition) is 5. The standard InChI is InChI=1S/C16H22N2O3/c1-10(2)14-3-4-17-16-15(14)20-7-11-5-12(6-18(11)16)21-13-8-19-9-13/h3-4,10-13H,5-9H2,1-2H3. The fraction of sp³-hybridized carbons (Fsp3) is 0.688. The minimum atomic E-state index is 0.267. The number of rotatable bonds is 3. The average molecular weight is 290 g/mol. The van der Waals surface area contributed by atoms with E-state index >= 15 is 0 Å². The predicted octanol–water partition coefficient (Wildman–Crippen LogP) is 1.96. The summed E-state index contributed by atoms with van der Waals surface area (Å²) in [5.41, 5.74) is 1.25. The van der Waals surface area contributed by atoms with E-state index in [1.54, 1.807) is 0 Å². The molecule has 0 saturated carbocycles. The van der Waals surface area contributed by atoms with E-state index in [0.29, 0.717) is 12.0 Å². The van der Waals surface area contributed by atoms with Gasteiger partial charge in [0.05, 0.1) is 25.4 Å². The Labute approximate surface area is 125 Å². The number of aromatic nitrogens is 1. The van der Waals surface area contributed by atoms with E-state index in [4.69, 9.17) is 14.2 Å². The highest BCUT2D eigenvalue weighted by Crippen LogP contribution is 2.41. The van der Waals surface area contributed by atoms with Crippen molar-refractivity contribution >= 4 is 5.82 Å². The summed E-state index contributed by atoms with van der Waals surface area (Å²) in [5.74, 6) is 2.41. The number of fused-ring (bicyclic) bond motifs is 3. The van der Waals surface area contributed by atoms with Gasteiger partial charge in [0, 0.05) is 18.3 Å². The lowest BCUT2D eigenvalue weighted by Gasteiger charge is -2.33. The van der Waals surface area contributed by atoms with Gasteiger partial charge in [-0.25, -0.2) is 4.98 Å². The smallest absolute Gasteiger partial charge is 0.172 e. The third kappa shape index (κ3) is 2.28. The van der Waals surface area contributed by atoms with Crippen LogP contribution in [0.15, 0.2) is 12.3 Å². The maximum Gasteiger partial charge on any atom is 0.172 e. The van der Waals surface area contributed by atoms with Crippen LogP contribution in [0, 0.1) is 0 Å². The zero-order chi connectivity index (χ0) is 14.4. The van der Waals surface area contributed by atoms with Crippen LogP contribution in [0.25, 0.3) is 0 Å². The fourth-order valence-corrected chi connectivity index (χ4v) is 3.39. The first-order valence-corrected chi connectivity index (χ1v) is 7.84. The number of anilines is 1. The van der Waals surface area contributed by atoms with Crippen molar-refractivity contribution in [3.05, 3.63) is 17.8 Å². The normalized spacial score (nSPS) is 28.0. The van der Waals surface area contributed by atoms with Crippen molar-refractivity contribution in [1.29, 1.82) is 0 Å². The Balaban J connectivity index is 1.56. The van der Waals surface area contributed by atoms with Crippen LogP contribution in [0.2, 0.25) is 0 Å². The van der Waals surface area contributed by atoms with Gasteiger partial charge in [-0.1, -0.05) is 13.8 Å². The quantitative estimate of drug-likeness (QED) is 0.851. The highest BCUT2D eigenvalue weighted by atomic mass is 16.6. The number of ether oxygens (including phenoxy) is 3. The molecule has 1 aromatic heterocycles. The molecule has 0 radical (unpaired) electrons. The number of nitrogens with zero attached hydrogens (tertiary/aromatic N) is 2. The molecule has 21 heavy (non-hydrogen) atoms. The fourth-order valence-electron chi connectivity index (χ4n) is 3.39. The topological polar surface area (TPSA) is 43.8 Å². The third-order valence-corrected chi connectivity index (χ3v) is 4.60. The van der Waals surface area contributed by atoms with Gasteiger partial charge in [0.15, 0.2) is 11.6 Å². The van der Waals surface area contributed by atoms with Crippen LogP contribution in [-0.4, -0.2) is 49.6 Å². The Morgan fingerprint density at radius 1 is 1.29 bits per heavy atom. The Morgan fingerprint density at radius 3 is 2.86 bits per heavy atom. The summed E-state index contributed by atoms with van der Waals surface area (Å²) < 4.78 is 17.3. The summed E-state index contributed by atoms with van der Waals surface area (Å²) in [4.78, 5) is 6.94. The molecule has 1 aromatic rings. The molecule has 2 unspecified atom stereocenters. The number of pyridine rings is 1. The van der Waals surface area contributed by atoms with E-state index in [2.05, 4.69) is 29.8 Å². The van der Waals surface area contributed by atoms with Crippen LogP contribution < -0.4 is 9.64 Å². The first kappa shape index (κ1) is 13.3. The monoisotopic (exact) mass is 290 g/mol. The van der Waals surface area contributed by atoms with Crippen molar-refractivity contribution in [2.24, 2.45) is 0 Å². The van der Waals surface area contributed by atoms with Crippen LogP contribution in [0.5, 0.6) is 5.75 Å². The van der Waals surface area contributed by atoms with Gasteiger partial charge in [0.25, 0.3) is 0 Å². The maximum atomic E-state index is 6.08. The minimum Gasteiger partial charge on any atom is -0.487 e. The van der Waals surface area contributed by atoms with Gasteiger partial charge >= 0.3 is 0 Å². The zero-order valence-electron chi connectivity index (χ0n) is 12.6. The highest BCUT2D eigenvalue weighted by Gasteiger charge is 2.40. The summed E-state index contributed by atoms with van der Waals surface area (Å²) in [6, 6.07) is 2.46. The molecular formula is C16H22N2O3. The number of hydrogen-bond donors (Lipinski definition) is 0. The molecule has 0 spiro atoms. The Bertz CT molecular complexity index is 530. The molecule has 0 amide bonds. The third-order valence-electron chi connectivity index (χ3n) is 4.60. The van der Waals surface area contributed by atoms with Gasteiger partial charge in [-0.15, -0.1) is 0 Å². The van der Waals surface area contributed by atoms with E-state index < -0.39 is 0 Å². The molecule has 2 atom stereocenters. The van der Waals surface area contributed by atoms with Gasteiger partial charge in [-0.05, 0) is 18.4 Å². The molecule has 2 fully saturated rings. The molecule has 4 heterocycles. The van der Waals surface area contributed by atoms with Crippen molar-refractivity contribution in [1.82, 2.24) is 4.98 Å². The van der Waals surface area contributed by atoms with Crippen molar-refractivity contribution < 1.29 is 14.2 Å². The molecule has 114 valence electrons. The lowest BCUT2D eigenvalue weighted by Crippen LogP contribution is -2.40. The Kier molecular flexibility index (Phi) is 3.27. The van der Waals surface area contributed by atoms with E-state index in [1.165, 1.54) is 5.56 Å². The van der Waals surface area contributed by atoms with Crippen LogP contribution in [0.4, 0.5) is 5.82 Å². The first-order valence-electron chi connectivity index (χ1n) is 7.84. The van der Waals surface area contributed by atoms with Crippen LogP contribution in [0.1, 0.15) is 31.7 Å². The van der Waals surface area contributed by atoms with Gasteiger partial charge in [0.1, 0.15) is 12.7 Å². The molecule has 4 rings (SSSR count). The van der Waals surface area contributed by atoms with Gasteiger partial charge in [-0.2, -0.15) is 0 Å². The summed E-state index contributed by atoms with van der Waals surface area (Å²) in [6.45, 7) is 7.51. The molecule has 0 N–H and O–H groups in total. The molecular weight excluding hydrogens is 268 g/mol. The predicted molar refractivity (Wildman–Crippen MR) is 79.1 cm³/mol. The second kappa shape index (κ2) is 5.14. The molecule has 5 heteroatoms. The maximum absolute atomic E-state index is 6.08. The van der Waals surface area contributed by atoms with Crippen molar-refractivity contribution in [2.75, 3.05) is 31.3 Å². The van der Waals surface area contributed by atoms with Gasteiger partial charge in [-0.3, -0.25) is 0 Å². The molecule has 0 aromatic carbocycles. The minimum absolute atomic E-state index is 0.267. The Morgan fingerprint density at radius 2 is 2.14 bits per heavy atom. The summed E-state index contributed by atoms with van der Waals surface area (Å²) >= 11 is 0. The summed E-state index contributed by atoms with van der Waals surface area (Å²) in [6.07, 6.45) is 3.46. The van der Waals surface area contributed by atoms with E-state index in [9.17, 15) is 0 Å². The molecule has 0 aliphatic carbocycles. The molecule has 2 saturated heterocycles. The average Bonchev–Trinajstić information content (AvgIpc) is 2.85. The van der Waals surface area contributed by atoms with E-state index in [-0.39, 0.29) is 12.2 Å². The second-order valence-electron chi connectivity index (χ2n) is 6.48. The molecule has 0 bridgehead atoms. The lowest BCUT2D eigenvalue weighted by atomic mass is 10.0. The first-order chi connectivity index (χ1) is 10.2. The lowest BCUT2D eigenvalue weighted by molar-refractivity contribution is -0.150. The van der Waals surface area contributed by atoms with Crippen LogP contribution >= 0.6 is 0 Å². The van der Waals surface area contributed by atoms with E-state index in [0.717, 1.165) is 44.4 Å². The molecule has 5 nitrogen and oxygen atoms in total. The van der Waals surface area contributed by atoms with E-state index in [1.807, 2.05) is 6.20 Å². The second-order valence-corrected chi connectivity index (χ2v) is 6.48. The molecule has 3 aliphatic heterocycles.